The van der Waals surface area contributed by atoms with E-state index in [9.17, 15) is 8.42 Å². The van der Waals surface area contributed by atoms with Crippen LogP contribution in [0, 0.1) is 0 Å². The highest BCUT2D eigenvalue weighted by Crippen LogP contribution is 2.30. The van der Waals surface area contributed by atoms with E-state index in [2.05, 4.69) is 15.1 Å². The smallest absolute Gasteiger partial charge is 0.276 e. The number of aromatic nitrogens is 2. The molecule has 0 aliphatic carbocycles. The zero-order valence-electron chi connectivity index (χ0n) is 17.1. The van der Waals surface area contributed by atoms with Gasteiger partial charge in [0.15, 0.2) is 0 Å². The van der Waals surface area contributed by atoms with Crippen LogP contribution >= 0.6 is 0 Å². The van der Waals surface area contributed by atoms with Crippen LogP contribution in [-0.2, 0) is 10.0 Å². The molecule has 2 aromatic heterocycles. The molecule has 1 fully saturated rings. The Morgan fingerprint density at radius 1 is 1.10 bits per heavy atom. The first-order valence-corrected chi connectivity index (χ1v) is 11.1. The summed E-state index contributed by atoms with van der Waals surface area (Å²) >= 11 is 0. The minimum atomic E-state index is -3.76. The summed E-state index contributed by atoms with van der Waals surface area (Å²) in [7, 11) is -2.13. The maximum absolute atomic E-state index is 13.0. The van der Waals surface area contributed by atoms with Crippen molar-refractivity contribution in [3.05, 3.63) is 42.5 Å². The largest absolute Gasteiger partial charge is 0.495 e. The van der Waals surface area contributed by atoms with Crippen molar-refractivity contribution in [1.29, 1.82) is 0 Å². The fourth-order valence-electron chi connectivity index (χ4n) is 3.34. The molecule has 0 bridgehead atoms. The van der Waals surface area contributed by atoms with Crippen molar-refractivity contribution in [2.75, 3.05) is 38.2 Å². The lowest BCUT2D eigenvalue weighted by Gasteiger charge is -2.35. The molecular formula is C20H24N4O5S. The molecule has 3 aromatic rings. The van der Waals surface area contributed by atoms with Crippen LogP contribution in [0.5, 0.6) is 5.75 Å². The average molecular weight is 433 g/mol. The molecule has 1 aromatic carbocycles. The van der Waals surface area contributed by atoms with Gasteiger partial charge in [-0.3, -0.25) is 0 Å². The lowest BCUT2D eigenvalue weighted by Crippen LogP contribution is -2.48. The van der Waals surface area contributed by atoms with E-state index in [0.29, 0.717) is 37.6 Å². The maximum atomic E-state index is 13.0. The Balaban J connectivity index is 1.48. The minimum Gasteiger partial charge on any atom is -0.495 e. The van der Waals surface area contributed by atoms with Crippen molar-refractivity contribution in [2.24, 2.45) is 0 Å². The van der Waals surface area contributed by atoms with E-state index in [1.54, 1.807) is 7.11 Å². The second kappa shape index (κ2) is 8.11. The molecule has 0 radical (unpaired) electrons. The van der Waals surface area contributed by atoms with Gasteiger partial charge in [0, 0.05) is 38.2 Å². The number of nitrogens with zero attached hydrogens (tertiary/aromatic N) is 4. The molecule has 0 spiro atoms. The number of rotatable bonds is 6. The zero-order chi connectivity index (χ0) is 21.3. The number of methoxy groups -OCH3 is 1. The average Bonchev–Trinajstić information content (AvgIpc) is 3.44. The van der Waals surface area contributed by atoms with Gasteiger partial charge in [-0.25, -0.2) is 8.42 Å². The van der Waals surface area contributed by atoms with Gasteiger partial charge in [0.05, 0.1) is 18.4 Å². The van der Waals surface area contributed by atoms with Crippen LogP contribution in [0.25, 0.3) is 11.5 Å². The van der Waals surface area contributed by atoms with Crippen LogP contribution in [0.3, 0.4) is 0 Å². The number of hydrogen-bond donors (Lipinski definition) is 0. The molecule has 1 saturated heterocycles. The second-order valence-electron chi connectivity index (χ2n) is 7.32. The van der Waals surface area contributed by atoms with Gasteiger partial charge in [-0.1, -0.05) is 26.0 Å². The van der Waals surface area contributed by atoms with Crippen molar-refractivity contribution < 1.29 is 22.0 Å². The summed E-state index contributed by atoms with van der Waals surface area (Å²) in [4.78, 5) is 2.12. The number of sulfonamides is 1. The first kappa shape index (κ1) is 20.4. The topological polar surface area (TPSA) is 102 Å². The monoisotopic (exact) mass is 432 g/mol. The fourth-order valence-corrected chi connectivity index (χ4v) is 4.68. The summed E-state index contributed by atoms with van der Waals surface area (Å²) in [6.45, 7) is 5.66. The molecule has 0 amide bonds. The van der Waals surface area contributed by atoms with Gasteiger partial charge >= 0.3 is 0 Å². The van der Waals surface area contributed by atoms with Crippen molar-refractivity contribution in [1.82, 2.24) is 14.5 Å². The predicted molar refractivity (Wildman–Crippen MR) is 110 cm³/mol. The number of ether oxygens (including phenoxy) is 1. The summed E-state index contributed by atoms with van der Waals surface area (Å²) in [6.07, 6.45) is 1.33. The highest BCUT2D eigenvalue weighted by molar-refractivity contribution is 7.89. The molecule has 0 unspecified atom stereocenters. The fraction of sp³-hybridized carbons (Fsp3) is 0.400. The molecule has 0 N–H and O–H groups in total. The summed E-state index contributed by atoms with van der Waals surface area (Å²) < 4.78 is 43.9. The normalized spacial score (nSPS) is 15.7. The van der Waals surface area contributed by atoms with Crippen LogP contribution in [-0.4, -0.2) is 56.2 Å². The second-order valence-corrected chi connectivity index (χ2v) is 9.19. The van der Waals surface area contributed by atoms with Gasteiger partial charge in [-0.15, -0.1) is 10.2 Å². The first-order chi connectivity index (χ1) is 14.4. The predicted octanol–water partition coefficient (Wildman–Crippen LogP) is 2.97. The number of hydrogen-bond acceptors (Lipinski definition) is 8. The van der Waals surface area contributed by atoms with E-state index in [-0.39, 0.29) is 16.9 Å². The van der Waals surface area contributed by atoms with Crippen LogP contribution < -0.4 is 9.64 Å². The highest BCUT2D eigenvalue weighted by atomic mass is 32.2. The lowest BCUT2D eigenvalue weighted by atomic mass is 10.2. The molecule has 3 heterocycles. The number of piperazine rings is 1. The van der Waals surface area contributed by atoms with Crippen molar-refractivity contribution in [3.63, 3.8) is 0 Å². The van der Waals surface area contributed by atoms with Crippen molar-refractivity contribution in [3.8, 4) is 17.2 Å². The van der Waals surface area contributed by atoms with Crippen LogP contribution in [0.2, 0.25) is 0 Å². The van der Waals surface area contributed by atoms with Gasteiger partial charge in [0.2, 0.25) is 11.0 Å². The zero-order valence-corrected chi connectivity index (χ0v) is 17.9. The molecule has 9 nitrogen and oxygen atoms in total. The number of furan rings is 1. The van der Waals surface area contributed by atoms with E-state index in [0.717, 1.165) is 11.4 Å². The Morgan fingerprint density at radius 3 is 2.50 bits per heavy atom. The van der Waals surface area contributed by atoms with Crippen LogP contribution in [0.15, 0.2) is 50.5 Å². The van der Waals surface area contributed by atoms with E-state index >= 15 is 0 Å². The third kappa shape index (κ3) is 3.80. The Morgan fingerprint density at radius 2 is 1.83 bits per heavy atom. The minimum absolute atomic E-state index is 0.0842. The van der Waals surface area contributed by atoms with Crippen molar-refractivity contribution in [2.45, 2.75) is 24.9 Å². The molecule has 0 saturated carbocycles. The third-order valence-corrected chi connectivity index (χ3v) is 6.78. The Hall–Kier alpha value is -2.85. The SMILES string of the molecule is COc1ccccc1N1CCN(S(=O)(=O)c2cc(-c3nnc(C(C)C)o3)co2)CC1. The van der Waals surface area contributed by atoms with Crippen LogP contribution in [0.1, 0.15) is 25.7 Å². The van der Waals surface area contributed by atoms with Gasteiger partial charge in [0.1, 0.15) is 12.0 Å². The molecule has 160 valence electrons. The standard InChI is InChI=1S/C20H24N4O5S/c1-14(2)19-21-22-20(29-19)15-12-18(28-13-15)30(25,26)24-10-8-23(9-11-24)16-6-4-5-7-17(16)27-3/h4-7,12-14H,8-11H2,1-3H3. The Kier molecular flexibility index (Phi) is 5.52. The maximum Gasteiger partial charge on any atom is 0.276 e. The summed E-state index contributed by atoms with van der Waals surface area (Å²) in [5.74, 6) is 1.58. The van der Waals surface area contributed by atoms with E-state index in [1.807, 2.05) is 38.1 Å². The highest BCUT2D eigenvalue weighted by Gasteiger charge is 2.32. The number of anilines is 1. The molecule has 10 heteroatoms. The summed E-state index contributed by atoms with van der Waals surface area (Å²) in [5.41, 5.74) is 1.40. The van der Waals surface area contributed by atoms with E-state index in [1.165, 1.54) is 16.6 Å². The quantitative estimate of drug-likeness (QED) is 0.586. The number of para-hydroxylation sites is 2. The molecular weight excluding hydrogens is 408 g/mol. The Bertz CT molecular complexity index is 1110. The van der Waals surface area contributed by atoms with Gasteiger partial charge in [0.25, 0.3) is 15.9 Å². The molecule has 0 atom stereocenters. The summed E-state index contributed by atoms with van der Waals surface area (Å²) in [5, 5.41) is 7.81. The van der Waals surface area contributed by atoms with Gasteiger partial charge in [-0.2, -0.15) is 4.31 Å². The van der Waals surface area contributed by atoms with E-state index in [4.69, 9.17) is 13.6 Å². The lowest BCUT2D eigenvalue weighted by molar-refractivity contribution is 0.359. The molecule has 1 aliphatic heterocycles. The van der Waals surface area contributed by atoms with Crippen LogP contribution in [0.4, 0.5) is 5.69 Å². The van der Waals surface area contributed by atoms with E-state index < -0.39 is 10.0 Å². The Labute approximate surface area is 175 Å². The molecule has 4 rings (SSSR count). The molecule has 30 heavy (non-hydrogen) atoms. The van der Waals surface area contributed by atoms with Gasteiger partial charge in [-0.05, 0) is 12.1 Å². The molecule has 1 aliphatic rings. The summed E-state index contributed by atoms with van der Waals surface area (Å²) in [6, 6.07) is 9.14. The third-order valence-electron chi connectivity index (χ3n) is 5.02. The number of benzene rings is 1. The van der Waals surface area contributed by atoms with Gasteiger partial charge < -0.3 is 18.5 Å². The van der Waals surface area contributed by atoms with Crippen molar-refractivity contribution >= 4 is 15.7 Å². The first-order valence-electron chi connectivity index (χ1n) is 9.70.